The van der Waals surface area contributed by atoms with Crippen molar-refractivity contribution in [3.63, 3.8) is 0 Å². The highest BCUT2D eigenvalue weighted by Crippen LogP contribution is 2.24. The topological polar surface area (TPSA) is 89.3 Å². The molecule has 1 N–H and O–H groups in total. The lowest BCUT2D eigenvalue weighted by atomic mass is 10.2. The number of carbonyl (C=O) groups is 2. The van der Waals surface area contributed by atoms with Gasteiger partial charge in [-0.25, -0.2) is 18.0 Å². The first kappa shape index (κ1) is 22.1. The number of ether oxygens (including phenoxy) is 2. The Morgan fingerprint density at radius 2 is 1.97 bits per heavy atom. The molecule has 0 spiro atoms. The third-order valence-electron chi connectivity index (χ3n) is 3.81. The number of amides is 1. The van der Waals surface area contributed by atoms with Crippen molar-refractivity contribution in [3.05, 3.63) is 76.0 Å². The zero-order valence-corrected chi connectivity index (χ0v) is 16.7. The lowest BCUT2D eigenvalue weighted by Crippen LogP contribution is -2.19. The van der Waals surface area contributed by atoms with Crippen LogP contribution in [-0.4, -0.2) is 30.4 Å². The van der Waals surface area contributed by atoms with Crippen LogP contribution in [0.25, 0.3) is 0 Å². The van der Waals surface area contributed by atoms with Gasteiger partial charge >= 0.3 is 5.97 Å². The average Bonchev–Trinajstić information content (AvgIpc) is 3.07. The molecule has 0 atom stereocenters. The van der Waals surface area contributed by atoms with Crippen LogP contribution < -0.4 is 10.1 Å². The molecule has 2 aromatic carbocycles. The molecular formula is C20H14F3N3O4S. The summed E-state index contributed by atoms with van der Waals surface area (Å²) < 4.78 is 50.4. The van der Waals surface area contributed by atoms with Gasteiger partial charge in [-0.2, -0.15) is 5.10 Å². The SMILES string of the molecule is COC(=O)/C=C1/S/C(=N\N=Cc2ccc(OCc3ccc(F)cc3F)c(F)c2)NC1=O. The molecule has 1 heterocycles. The molecule has 1 aliphatic rings. The van der Waals surface area contributed by atoms with Gasteiger partial charge in [0, 0.05) is 17.7 Å². The molecule has 11 heteroatoms. The van der Waals surface area contributed by atoms with Gasteiger partial charge in [-0.3, -0.25) is 10.1 Å². The Morgan fingerprint density at radius 1 is 1.16 bits per heavy atom. The van der Waals surface area contributed by atoms with Crippen molar-refractivity contribution >= 4 is 35.0 Å². The molecule has 0 radical (unpaired) electrons. The summed E-state index contributed by atoms with van der Waals surface area (Å²) in [5, 5.41) is 10.1. The quantitative estimate of drug-likeness (QED) is 0.316. The van der Waals surface area contributed by atoms with E-state index < -0.39 is 29.3 Å². The fourth-order valence-corrected chi connectivity index (χ4v) is 3.04. The van der Waals surface area contributed by atoms with Crippen molar-refractivity contribution in [2.75, 3.05) is 7.11 Å². The van der Waals surface area contributed by atoms with E-state index in [1.54, 1.807) is 0 Å². The van der Waals surface area contributed by atoms with E-state index in [2.05, 4.69) is 20.3 Å². The minimum atomic E-state index is -0.787. The van der Waals surface area contributed by atoms with Crippen LogP contribution in [-0.2, 0) is 20.9 Å². The van der Waals surface area contributed by atoms with Gasteiger partial charge < -0.3 is 9.47 Å². The van der Waals surface area contributed by atoms with Crippen LogP contribution in [0.5, 0.6) is 5.75 Å². The second-order valence-electron chi connectivity index (χ2n) is 5.95. The predicted octanol–water partition coefficient (Wildman–Crippen LogP) is 3.29. The predicted molar refractivity (Wildman–Crippen MR) is 108 cm³/mol. The lowest BCUT2D eigenvalue weighted by molar-refractivity contribution is -0.135. The Labute approximate surface area is 178 Å². The number of esters is 1. The van der Waals surface area contributed by atoms with Gasteiger partial charge in [0.15, 0.2) is 16.7 Å². The van der Waals surface area contributed by atoms with E-state index in [9.17, 15) is 22.8 Å². The van der Waals surface area contributed by atoms with Crippen molar-refractivity contribution in [3.8, 4) is 5.75 Å². The first-order valence-electron chi connectivity index (χ1n) is 8.62. The number of methoxy groups -OCH3 is 1. The van der Waals surface area contributed by atoms with E-state index >= 15 is 0 Å². The summed E-state index contributed by atoms with van der Waals surface area (Å²) in [5.74, 6) is -3.54. The fourth-order valence-electron chi connectivity index (χ4n) is 2.30. The molecule has 160 valence electrons. The molecule has 0 bridgehead atoms. The second kappa shape index (κ2) is 9.94. The Bertz CT molecular complexity index is 1120. The van der Waals surface area contributed by atoms with Crippen molar-refractivity contribution in [2.24, 2.45) is 10.2 Å². The van der Waals surface area contributed by atoms with Crippen LogP contribution in [0.3, 0.4) is 0 Å². The Morgan fingerprint density at radius 3 is 2.68 bits per heavy atom. The lowest BCUT2D eigenvalue weighted by Gasteiger charge is -2.08. The van der Waals surface area contributed by atoms with E-state index in [0.717, 1.165) is 36.0 Å². The summed E-state index contributed by atoms with van der Waals surface area (Å²) in [4.78, 5) is 23.0. The van der Waals surface area contributed by atoms with Crippen molar-refractivity contribution < 1.29 is 32.2 Å². The number of carbonyl (C=O) groups excluding carboxylic acids is 2. The maximum absolute atomic E-state index is 14.2. The third kappa shape index (κ3) is 5.95. The number of halogens is 3. The van der Waals surface area contributed by atoms with Crippen LogP contribution in [0.1, 0.15) is 11.1 Å². The number of nitrogens with zero attached hydrogens (tertiary/aromatic N) is 2. The number of hydrogen-bond acceptors (Lipinski definition) is 7. The van der Waals surface area contributed by atoms with Crippen molar-refractivity contribution in [2.45, 2.75) is 6.61 Å². The van der Waals surface area contributed by atoms with Gasteiger partial charge in [-0.15, -0.1) is 5.10 Å². The molecule has 0 aromatic heterocycles. The fraction of sp³-hybridized carbons (Fsp3) is 0.100. The van der Waals surface area contributed by atoms with Crippen LogP contribution in [0.15, 0.2) is 57.6 Å². The Hall–Kier alpha value is -3.60. The van der Waals surface area contributed by atoms with Crippen LogP contribution in [0, 0.1) is 17.5 Å². The first-order valence-corrected chi connectivity index (χ1v) is 9.43. The summed E-state index contributed by atoms with van der Waals surface area (Å²) in [5.41, 5.74) is 0.431. The molecule has 3 rings (SSSR count). The average molecular weight is 449 g/mol. The zero-order chi connectivity index (χ0) is 22.4. The second-order valence-corrected chi connectivity index (χ2v) is 6.98. The first-order chi connectivity index (χ1) is 14.9. The monoisotopic (exact) mass is 449 g/mol. The van der Waals surface area contributed by atoms with E-state index in [0.29, 0.717) is 5.56 Å². The minimum absolute atomic E-state index is 0.0824. The van der Waals surface area contributed by atoms with Crippen molar-refractivity contribution in [1.29, 1.82) is 0 Å². The van der Waals surface area contributed by atoms with Gasteiger partial charge in [0.05, 0.1) is 18.2 Å². The Balaban J connectivity index is 1.62. The third-order valence-corrected chi connectivity index (χ3v) is 4.71. The van der Waals surface area contributed by atoms with Crippen LogP contribution in [0.2, 0.25) is 0 Å². The molecule has 0 unspecified atom stereocenters. The molecule has 0 saturated carbocycles. The van der Waals surface area contributed by atoms with E-state index in [4.69, 9.17) is 4.74 Å². The maximum Gasteiger partial charge on any atom is 0.331 e. The number of hydrogen-bond donors (Lipinski definition) is 1. The molecule has 2 aromatic rings. The molecule has 1 fully saturated rings. The highest BCUT2D eigenvalue weighted by Gasteiger charge is 2.25. The highest BCUT2D eigenvalue weighted by molar-refractivity contribution is 8.18. The molecule has 1 amide bonds. The summed E-state index contributed by atoms with van der Waals surface area (Å²) in [6.45, 7) is -0.275. The largest absolute Gasteiger partial charge is 0.486 e. The number of thioether (sulfide) groups is 1. The van der Waals surface area contributed by atoms with Crippen LogP contribution in [0.4, 0.5) is 13.2 Å². The molecular weight excluding hydrogens is 435 g/mol. The van der Waals surface area contributed by atoms with E-state index in [-0.39, 0.29) is 28.0 Å². The van der Waals surface area contributed by atoms with Gasteiger partial charge in [0.1, 0.15) is 18.2 Å². The standard InChI is InChI=1S/C20H14F3N3O4S/c1-29-18(27)8-17-19(28)25-20(31-17)26-24-9-11-2-5-16(15(23)6-11)30-10-12-3-4-13(21)7-14(12)22/h2-9H,10H2,1H3,(H,25,26,28)/b17-8+,24-9?. The number of rotatable bonds is 6. The number of amidine groups is 1. The van der Waals surface area contributed by atoms with E-state index in [1.807, 2.05) is 0 Å². The van der Waals surface area contributed by atoms with Gasteiger partial charge in [0.2, 0.25) is 0 Å². The smallest absolute Gasteiger partial charge is 0.331 e. The highest BCUT2D eigenvalue weighted by atomic mass is 32.2. The zero-order valence-electron chi connectivity index (χ0n) is 15.9. The van der Waals surface area contributed by atoms with Crippen LogP contribution >= 0.6 is 11.8 Å². The number of benzene rings is 2. The van der Waals surface area contributed by atoms with Gasteiger partial charge in [0.25, 0.3) is 5.91 Å². The minimum Gasteiger partial charge on any atom is -0.486 e. The molecule has 1 aliphatic heterocycles. The van der Waals surface area contributed by atoms with Crippen molar-refractivity contribution in [1.82, 2.24) is 5.32 Å². The maximum atomic E-state index is 14.2. The van der Waals surface area contributed by atoms with Gasteiger partial charge in [-0.05, 0) is 47.7 Å². The summed E-state index contributed by atoms with van der Waals surface area (Å²) >= 11 is 0.897. The van der Waals surface area contributed by atoms with Gasteiger partial charge in [-0.1, -0.05) is 0 Å². The molecule has 31 heavy (non-hydrogen) atoms. The van der Waals surface area contributed by atoms with E-state index in [1.165, 1.54) is 31.5 Å². The molecule has 7 nitrogen and oxygen atoms in total. The summed E-state index contributed by atoms with van der Waals surface area (Å²) in [7, 11) is 1.19. The summed E-state index contributed by atoms with van der Waals surface area (Å²) in [6.07, 6.45) is 2.27. The molecule has 0 aliphatic carbocycles. The normalized spacial score (nSPS) is 16.2. The molecule has 1 saturated heterocycles. The number of nitrogens with one attached hydrogen (secondary N) is 1. The summed E-state index contributed by atoms with van der Waals surface area (Å²) in [6, 6.07) is 6.96. The Kier molecular flexibility index (Phi) is 7.08.